The highest BCUT2D eigenvalue weighted by Gasteiger charge is 2.32. The van der Waals surface area contributed by atoms with Crippen LogP contribution < -0.4 is 5.01 Å². The first kappa shape index (κ1) is 25.7. The quantitative estimate of drug-likeness (QED) is 0.217. The number of thiazole rings is 1. The van der Waals surface area contributed by atoms with Gasteiger partial charge in [0.15, 0.2) is 0 Å². The molecule has 1 fully saturated rings. The van der Waals surface area contributed by atoms with Gasteiger partial charge < -0.3 is 0 Å². The fourth-order valence-corrected chi connectivity index (χ4v) is 7.90. The molecule has 1 aliphatic heterocycles. The smallest absolute Gasteiger partial charge is 0.267 e. The maximum Gasteiger partial charge on any atom is 0.280 e. The Balaban J connectivity index is 1.45. The molecule has 2 atom stereocenters. The number of fused-ring (bicyclic) bond motifs is 1. The molecule has 1 amide bonds. The van der Waals surface area contributed by atoms with Crippen molar-refractivity contribution in [3.8, 4) is 0 Å². The van der Waals surface area contributed by atoms with Crippen LogP contribution in [0.25, 0.3) is 10.2 Å². The normalized spacial score (nSPS) is 19.0. The zero-order chi connectivity index (χ0) is 26.2. The average molecular weight is 553 g/mol. The fourth-order valence-electron chi connectivity index (χ4n) is 4.62. The highest BCUT2D eigenvalue weighted by molar-refractivity contribution is 7.89. The van der Waals surface area contributed by atoms with Crippen LogP contribution in [-0.2, 0) is 10.0 Å². The molecule has 2 unspecified atom stereocenters. The number of aryl methyl sites for hydroxylation is 1. The van der Waals surface area contributed by atoms with E-state index in [0.717, 1.165) is 27.1 Å². The molecule has 3 heterocycles. The maximum atomic E-state index is 13.6. The third-order valence-electron chi connectivity index (χ3n) is 6.32. The predicted octanol–water partition coefficient (Wildman–Crippen LogP) is 6.01. The number of nitrogens with zero attached hydrogens (tertiary/aromatic N) is 4. The standard InChI is InChI=1S/C27H28N4O3S3/c1-18-6-11-24-25(14-18)36-27(29-24)31(28-15-22-5-4-12-35-22)26(32)21-7-9-23(10-8-21)37(33,34)30-16-19(2)13-20(3)17-30/h4-12,14-15,19-20H,13,16-17H2,1-3H3/b28-15+. The number of anilines is 1. The number of amides is 1. The zero-order valence-electron chi connectivity index (χ0n) is 20.9. The molecular weight excluding hydrogens is 525 g/mol. The lowest BCUT2D eigenvalue weighted by Crippen LogP contribution is -2.42. The lowest BCUT2D eigenvalue weighted by Gasteiger charge is -2.34. The summed E-state index contributed by atoms with van der Waals surface area (Å²) in [5.74, 6) is 0.242. The number of aromatic nitrogens is 1. The van der Waals surface area contributed by atoms with Crippen molar-refractivity contribution in [3.05, 3.63) is 76.0 Å². The van der Waals surface area contributed by atoms with Gasteiger partial charge in [-0.1, -0.05) is 37.3 Å². The number of carbonyl (C=O) groups is 1. The molecule has 7 nitrogen and oxygen atoms in total. The van der Waals surface area contributed by atoms with Crippen molar-refractivity contribution in [3.63, 3.8) is 0 Å². The molecule has 37 heavy (non-hydrogen) atoms. The second-order valence-corrected chi connectivity index (χ2v) is 13.6. The number of benzene rings is 2. The fraction of sp³-hybridized carbons (Fsp3) is 0.296. The first-order valence-electron chi connectivity index (χ1n) is 12.1. The summed E-state index contributed by atoms with van der Waals surface area (Å²) in [6.45, 7) is 7.19. The van der Waals surface area contributed by atoms with Gasteiger partial charge in [-0.25, -0.2) is 13.4 Å². The molecule has 4 aromatic rings. The summed E-state index contributed by atoms with van der Waals surface area (Å²) in [5.41, 5.74) is 2.23. The average Bonchev–Trinajstić information content (AvgIpc) is 3.53. The molecule has 192 valence electrons. The zero-order valence-corrected chi connectivity index (χ0v) is 23.3. The lowest BCUT2D eigenvalue weighted by atomic mass is 9.94. The SMILES string of the molecule is Cc1ccc2nc(N(/N=C/c3cccs3)C(=O)c3ccc(S(=O)(=O)N4CC(C)CC(C)C4)cc3)sc2c1. The third kappa shape index (κ3) is 5.52. The minimum absolute atomic E-state index is 0.189. The van der Waals surface area contributed by atoms with Crippen molar-refractivity contribution in [1.82, 2.24) is 9.29 Å². The Labute approximate surface area is 225 Å². The highest BCUT2D eigenvalue weighted by atomic mass is 32.2. The van der Waals surface area contributed by atoms with E-state index in [4.69, 9.17) is 0 Å². The van der Waals surface area contributed by atoms with Crippen LogP contribution in [0.5, 0.6) is 0 Å². The van der Waals surface area contributed by atoms with Crippen LogP contribution in [0.4, 0.5) is 5.13 Å². The second-order valence-electron chi connectivity index (χ2n) is 9.64. The van der Waals surface area contributed by atoms with Gasteiger partial charge in [-0.15, -0.1) is 11.3 Å². The topological polar surface area (TPSA) is 82.9 Å². The third-order valence-corrected chi connectivity index (χ3v) is 9.97. The Morgan fingerprint density at radius 2 is 1.84 bits per heavy atom. The van der Waals surface area contributed by atoms with Crippen LogP contribution in [0.2, 0.25) is 0 Å². The first-order valence-corrected chi connectivity index (χ1v) is 15.2. The molecule has 0 saturated carbocycles. The summed E-state index contributed by atoms with van der Waals surface area (Å²) in [4.78, 5) is 19.4. The number of hydrogen-bond donors (Lipinski definition) is 0. The summed E-state index contributed by atoms with van der Waals surface area (Å²) in [6.07, 6.45) is 2.66. The second kappa shape index (κ2) is 10.4. The van der Waals surface area contributed by atoms with E-state index in [2.05, 4.69) is 23.9 Å². The predicted molar refractivity (Wildman–Crippen MR) is 151 cm³/mol. The van der Waals surface area contributed by atoms with E-state index in [1.54, 1.807) is 22.7 Å². The van der Waals surface area contributed by atoms with Gasteiger partial charge in [0, 0.05) is 23.5 Å². The summed E-state index contributed by atoms with van der Waals surface area (Å²) >= 11 is 2.90. The van der Waals surface area contributed by atoms with Crippen LogP contribution in [0, 0.1) is 18.8 Å². The molecule has 2 aromatic heterocycles. The number of hydrazone groups is 1. The van der Waals surface area contributed by atoms with E-state index in [1.807, 2.05) is 42.6 Å². The van der Waals surface area contributed by atoms with Gasteiger partial charge in [-0.2, -0.15) is 14.4 Å². The number of sulfonamides is 1. The Bertz CT molecular complexity index is 1530. The molecular formula is C27H28N4O3S3. The minimum Gasteiger partial charge on any atom is -0.267 e. The van der Waals surface area contributed by atoms with Crippen LogP contribution in [0.1, 0.15) is 41.1 Å². The number of thiophene rings is 1. The van der Waals surface area contributed by atoms with Gasteiger partial charge in [-0.3, -0.25) is 4.79 Å². The Hall–Kier alpha value is -2.92. The van der Waals surface area contributed by atoms with Crippen molar-refractivity contribution >= 4 is 60.2 Å². The molecule has 2 aromatic carbocycles. The van der Waals surface area contributed by atoms with Gasteiger partial charge >= 0.3 is 0 Å². The van der Waals surface area contributed by atoms with Crippen molar-refractivity contribution in [2.45, 2.75) is 32.1 Å². The van der Waals surface area contributed by atoms with Gasteiger partial charge in [0.2, 0.25) is 15.2 Å². The van der Waals surface area contributed by atoms with E-state index in [9.17, 15) is 13.2 Å². The monoisotopic (exact) mass is 552 g/mol. The largest absolute Gasteiger partial charge is 0.280 e. The molecule has 0 spiro atoms. The molecule has 5 rings (SSSR count). The van der Waals surface area contributed by atoms with E-state index in [0.29, 0.717) is 35.6 Å². The minimum atomic E-state index is -3.63. The summed E-state index contributed by atoms with van der Waals surface area (Å²) in [7, 11) is -3.63. The lowest BCUT2D eigenvalue weighted by molar-refractivity contribution is 0.0987. The molecule has 1 saturated heterocycles. The molecule has 0 radical (unpaired) electrons. The van der Waals surface area contributed by atoms with Gasteiger partial charge in [-0.05, 0) is 78.6 Å². The molecule has 0 aliphatic carbocycles. The molecule has 0 N–H and O–H groups in total. The molecule has 1 aliphatic rings. The Morgan fingerprint density at radius 3 is 2.51 bits per heavy atom. The highest BCUT2D eigenvalue weighted by Crippen LogP contribution is 2.31. The van der Waals surface area contributed by atoms with Crippen LogP contribution in [0.3, 0.4) is 0 Å². The Kier molecular flexibility index (Phi) is 7.26. The number of hydrogen-bond acceptors (Lipinski definition) is 7. The van der Waals surface area contributed by atoms with Crippen LogP contribution in [0.15, 0.2) is 70.0 Å². The van der Waals surface area contributed by atoms with Crippen LogP contribution >= 0.6 is 22.7 Å². The van der Waals surface area contributed by atoms with Crippen molar-refractivity contribution in [2.75, 3.05) is 18.1 Å². The Morgan fingerprint density at radius 1 is 1.11 bits per heavy atom. The van der Waals surface area contributed by atoms with Crippen LogP contribution in [-0.4, -0.2) is 42.9 Å². The van der Waals surface area contributed by atoms with E-state index in [1.165, 1.54) is 39.8 Å². The van der Waals surface area contributed by atoms with Crippen molar-refractivity contribution < 1.29 is 13.2 Å². The van der Waals surface area contributed by atoms with E-state index >= 15 is 0 Å². The van der Waals surface area contributed by atoms with Gasteiger partial charge in [0.25, 0.3) is 5.91 Å². The maximum absolute atomic E-state index is 13.6. The molecule has 0 bridgehead atoms. The van der Waals surface area contributed by atoms with Gasteiger partial charge in [0.1, 0.15) is 0 Å². The number of carbonyl (C=O) groups excluding carboxylic acids is 1. The van der Waals surface area contributed by atoms with Gasteiger partial charge in [0.05, 0.1) is 21.3 Å². The van der Waals surface area contributed by atoms with E-state index < -0.39 is 10.0 Å². The van der Waals surface area contributed by atoms with E-state index in [-0.39, 0.29) is 10.8 Å². The molecule has 10 heteroatoms. The number of rotatable bonds is 6. The van der Waals surface area contributed by atoms with Crippen molar-refractivity contribution in [1.29, 1.82) is 0 Å². The summed E-state index contributed by atoms with van der Waals surface area (Å²) < 4.78 is 29.1. The summed E-state index contributed by atoms with van der Waals surface area (Å²) in [5, 5.41) is 8.16. The summed E-state index contributed by atoms with van der Waals surface area (Å²) in [6, 6.07) is 15.9. The van der Waals surface area contributed by atoms with Crippen molar-refractivity contribution in [2.24, 2.45) is 16.9 Å². The first-order chi connectivity index (χ1) is 17.7. The number of piperidine rings is 1.